The average molecular weight is 259 g/mol. The lowest BCUT2D eigenvalue weighted by Crippen LogP contribution is -2.19. The number of aromatic nitrogens is 2. The summed E-state index contributed by atoms with van der Waals surface area (Å²) in [6.07, 6.45) is 0. The van der Waals surface area contributed by atoms with E-state index in [4.69, 9.17) is 5.73 Å². The van der Waals surface area contributed by atoms with E-state index >= 15 is 0 Å². The molecule has 0 aliphatic heterocycles. The number of hydrogen-bond donors (Lipinski definition) is 3. The number of H-pyrrole nitrogens is 1. The van der Waals surface area contributed by atoms with Crippen LogP contribution in [-0.4, -0.2) is 30.2 Å². The Morgan fingerprint density at radius 1 is 1.37 bits per heavy atom. The number of carbonyl (C=O) groups is 1. The second kappa shape index (κ2) is 5.01. The Bertz CT molecular complexity index is 603. The van der Waals surface area contributed by atoms with Crippen LogP contribution in [-0.2, 0) is 0 Å². The average Bonchev–Trinajstić information content (AvgIpc) is 2.74. The van der Waals surface area contributed by atoms with E-state index in [0.29, 0.717) is 17.1 Å². The van der Waals surface area contributed by atoms with Gasteiger partial charge in [-0.15, -0.1) is 0 Å². The number of nitrogens with one attached hydrogen (secondary N) is 2. The fraction of sp³-hybridized carbons (Fsp3) is 0.231. The fourth-order valence-electron chi connectivity index (χ4n) is 1.79. The number of carbonyl (C=O) groups excluding carboxylic acids is 1. The predicted molar refractivity (Wildman–Crippen MR) is 76.5 cm³/mol. The van der Waals surface area contributed by atoms with Gasteiger partial charge >= 0.3 is 0 Å². The summed E-state index contributed by atoms with van der Waals surface area (Å²) in [5.41, 5.74) is 8.50. The van der Waals surface area contributed by atoms with Crippen LogP contribution in [0, 0.1) is 6.92 Å². The van der Waals surface area contributed by atoms with Crippen LogP contribution in [0.5, 0.6) is 0 Å². The topological polar surface area (TPSA) is 87.0 Å². The number of nitrogens with two attached hydrogens (primary N) is 1. The van der Waals surface area contributed by atoms with Crippen molar-refractivity contribution >= 4 is 23.1 Å². The summed E-state index contributed by atoms with van der Waals surface area (Å²) in [4.78, 5) is 14.1. The van der Waals surface area contributed by atoms with Crippen molar-refractivity contribution in [2.45, 2.75) is 6.92 Å². The van der Waals surface area contributed by atoms with Gasteiger partial charge in [-0.3, -0.25) is 9.89 Å². The normalized spacial score (nSPS) is 10.3. The lowest BCUT2D eigenvalue weighted by Gasteiger charge is -2.17. The van der Waals surface area contributed by atoms with Gasteiger partial charge in [-0.25, -0.2) is 0 Å². The van der Waals surface area contributed by atoms with Crippen LogP contribution >= 0.6 is 0 Å². The minimum Gasteiger partial charge on any atom is -0.399 e. The summed E-state index contributed by atoms with van der Waals surface area (Å²) >= 11 is 0. The van der Waals surface area contributed by atoms with E-state index < -0.39 is 0 Å². The molecule has 0 radical (unpaired) electrons. The molecular weight excluding hydrogens is 242 g/mol. The molecule has 0 saturated carbocycles. The van der Waals surface area contributed by atoms with E-state index in [2.05, 4.69) is 15.5 Å². The highest BCUT2D eigenvalue weighted by Crippen LogP contribution is 2.22. The molecule has 1 aromatic heterocycles. The van der Waals surface area contributed by atoms with Crippen molar-refractivity contribution in [3.63, 3.8) is 0 Å². The molecule has 6 nitrogen and oxygen atoms in total. The molecule has 0 aliphatic carbocycles. The zero-order valence-corrected chi connectivity index (χ0v) is 11.2. The molecule has 2 rings (SSSR count). The van der Waals surface area contributed by atoms with Crippen LogP contribution in [0.1, 0.15) is 16.1 Å². The quantitative estimate of drug-likeness (QED) is 0.731. The Balaban J connectivity index is 2.30. The van der Waals surface area contributed by atoms with E-state index in [1.807, 2.05) is 32.0 Å². The first-order valence-electron chi connectivity index (χ1n) is 5.87. The van der Waals surface area contributed by atoms with E-state index in [9.17, 15) is 4.79 Å². The highest BCUT2D eigenvalue weighted by molar-refractivity contribution is 6.08. The number of benzene rings is 1. The van der Waals surface area contributed by atoms with Gasteiger partial charge < -0.3 is 16.0 Å². The molecule has 2 aromatic rings. The van der Waals surface area contributed by atoms with E-state index in [0.717, 1.165) is 11.4 Å². The van der Waals surface area contributed by atoms with Crippen molar-refractivity contribution in [1.29, 1.82) is 0 Å². The summed E-state index contributed by atoms with van der Waals surface area (Å²) < 4.78 is 0. The van der Waals surface area contributed by atoms with Crippen LogP contribution < -0.4 is 16.0 Å². The Hall–Kier alpha value is -2.50. The molecule has 1 heterocycles. The number of hydrogen-bond acceptors (Lipinski definition) is 4. The maximum Gasteiger partial charge on any atom is 0.259 e. The third-order valence-electron chi connectivity index (χ3n) is 2.69. The van der Waals surface area contributed by atoms with Crippen molar-refractivity contribution in [2.24, 2.45) is 0 Å². The molecule has 4 N–H and O–H groups in total. The Morgan fingerprint density at radius 3 is 2.68 bits per heavy atom. The Kier molecular flexibility index (Phi) is 3.41. The minimum absolute atomic E-state index is 0.234. The molecule has 6 heteroatoms. The SMILES string of the molecule is Cc1cc(NC(=O)c2cc(N)ccc2N(C)C)n[nH]1. The fourth-order valence-corrected chi connectivity index (χ4v) is 1.79. The molecule has 0 unspecified atom stereocenters. The third kappa shape index (κ3) is 2.85. The molecule has 1 amide bonds. The number of rotatable bonds is 3. The molecular formula is C13H17N5O. The van der Waals surface area contributed by atoms with Crippen molar-refractivity contribution in [1.82, 2.24) is 10.2 Å². The van der Waals surface area contributed by atoms with Gasteiger partial charge in [-0.05, 0) is 25.1 Å². The number of amides is 1. The first-order valence-corrected chi connectivity index (χ1v) is 5.87. The second-order valence-electron chi connectivity index (χ2n) is 4.56. The summed E-state index contributed by atoms with van der Waals surface area (Å²) in [6.45, 7) is 1.87. The van der Waals surface area contributed by atoms with E-state index in [1.165, 1.54) is 0 Å². The summed E-state index contributed by atoms with van der Waals surface area (Å²) in [7, 11) is 3.75. The number of nitrogen functional groups attached to an aromatic ring is 1. The highest BCUT2D eigenvalue weighted by atomic mass is 16.1. The van der Waals surface area contributed by atoms with Crippen molar-refractivity contribution in [3.8, 4) is 0 Å². The van der Waals surface area contributed by atoms with E-state index in [1.54, 1.807) is 18.2 Å². The summed E-state index contributed by atoms with van der Waals surface area (Å²) in [5, 5.41) is 9.49. The molecule has 0 atom stereocenters. The van der Waals surface area contributed by atoms with Crippen LogP contribution in [0.15, 0.2) is 24.3 Å². The van der Waals surface area contributed by atoms with Crippen LogP contribution in [0.2, 0.25) is 0 Å². The monoisotopic (exact) mass is 259 g/mol. The van der Waals surface area contributed by atoms with E-state index in [-0.39, 0.29) is 5.91 Å². The van der Waals surface area contributed by atoms with Crippen molar-refractivity contribution < 1.29 is 4.79 Å². The summed E-state index contributed by atoms with van der Waals surface area (Å²) in [5.74, 6) is 0.261. The number of nitrogens with zero attached hydrogens (tertiary/aromatic N) is 2. The zero-order valence-electron chi connectivity index (χ0n) is 11.2. The van der Waals surface area contributed by atoms with Gasteiger partial charge in [0, 0.05) is 37.2 Å². The van der Waals surface area contributed by atoms with Crippen LogP contribution in [0.3, 0.4) is 0 Å². The molecule has 0 saturated heterocycles. The van der Waals surface area contributed by atoms with Gasteiger partial charge in [-0.1, -0.05) is 0 Å². The van der Waals surface area contributed by atoms with Gasteiger partial charge in [0.2, 0.25) is 0 Å². The van der Waals surface area contributed by atoms with Crippen LogP contribution in [0.25, 0.3) is 0 Å². The van der Waals surface area contributed by atoms with Crippen molar-refractivity contribution in [2.75, 3.05) is 30.0 Å². The first-order chi connectivity index (χ1) is 8.97. The minimum atomic E-state index is -0.234. The summed E-state index contributed by atoms with van der Waals surface area (Å²) in [6, 6.07) is 7.01. The maximum atomic E-state index is 12.3. The molecule has 0 aliphatic rings. The Labute approximate surface area is 111 Å². The predicted octanol–water partition coefficient (Wildman–Crippen LogP) is 1.62. The lowest BCUT2D eigenvalue weighted by molar-refractivity contribution is 0.102. The molecule has 19 heavy (non-hydrogen) atoms. The maximum absolute atomic E-state index is 12.3. The smallest absolute Gasteiger partial charge is 0.259 e. The van der Waals surface area contributed by atoms with Crippen LogP contribution in [0.4, 0.5) is 17.2 Å². The second-order valence-corrected chi connectivity index (χ2v) is 4.56. The standard InChI is InChI=1S/C13H17N5O/c1-8-6-12(17-16-8)15-13(19)10-7-9(14)4-5-11(10)18(2)3/h4-7H,14H2,1-3H3,(H2,15,16,17,19). The molecule has 0 fully saturated rings. The lowest BCUT2D eigenvalue weighted by atomic mass is 10.1. The van der Waals surface area contributed by atoms with Crippen molar-refractivity contribution in [3.05, 3.63) is 35.5 Å². The van der Waals surface area contributed by atoms with Gasteiger partial charge in [0.05, 0.1) is 5.56 Å². The number of anilines is 3. The largest absolute Gasteiger partial charge is 0.399 e. The highest BCUT2D eigenvalue weighted by Gasteiger charge is 2.14. The van der Waals surface area contributed by atoms with Gasteiger partial charge in [0.15, 0.2) is 5.82 Å². The van der Waals surface area contributed by atoms with Gasteiger partial charge in [-0.2, -0.15) is 5.10 Å². The molecule has 0 spiro atoms. The number of aromatic amines is 1. The van der Waals surface area contributed by atoms with Gasteiger partial charge in [0.25, 0.3) is 5.91 Å². The number of aryl methyl sites for hydroxylation is 1. The first kappa shape index (κ1) is 12.9. The molecule has 100 valence electrons. The molecule has 0 bridgehead atoms. The third-order valence-corrected chi connectivity index (χ3v) is 2.69. The van der Waals surface area contributed by atoms with Gasteiger partial charge in [0.1, 0.15) is 0 Å². The zero-order chi connectivity index (χ0) is 14.0. The molecule has 1 aromatic carbocycles. The Morgan fingerprint density at radius 2 is 2.11 bits per heavy atom.